The summed E-state index contributed by atoms with van der Waals surface area (Å²) in [6.07, 6.45) is 4.26. The number of anilines is 1. The van der Waals surface area contributed by atoms with Crippen molar-refractivity contribution >= 4 is 11.6 Å². The molecule has 3 aromatic heterocycles. The minimum atomic E-state index is -0.0965. The Morgan fingerprint density at radius 2 is 1.93 bits per heavy atom. The third kappa shape index (κ3) is 3.37. The minimum Gasteiger partial charge on any atom is -0.481 e. The Morgan fingerprint density at radius 3 is 2.55 bits per heavy atom. The number of carbonyl (C=O) groups is 1. The van der Waals surface area contributed by atoms with Gasteiger partial charge < -0.3 is 9.64 Å². The average Bonchev–Trinajstić information content (AvgIpc) is 2.97. The number of nitrogens with zero attached hydrogens (tertiary/aromatic N) is 5. The van der Waals surface area contributed by atoms with Gasteiger partial charge in [-0.15, -0.1) is 0 Å². The molecule has 7 nitrogen and oxygen atoms in total. The SMILES string of the molecule is COc1ccc(-c2cnc3c(c2)N(Cc2c(C)nn(C)c2C)C(=O)C(C)C3)cn1. The minimum absolute atomic E-state index is 0.0965. The van der Waals surface area contributed by atoms with E-state index in [9.17, 15) is 4.79 Å². The van der Waals surface area contributed by atoms with Gasteiger partial charge in [-0.2, -0.15) is 5.10 Å². The first-order valence-corrected chi connectivity index (χ1v) is 9.68. The first-order valence-electron chi connectivity index (χ1n) is 9.68. The Bertz CT molecular complexity index is 1070. The van der Waals surface area contributed by atoms with Crippen LogP contribution in [0.15, 0.2) is 30.6 Å². The molecule has 1 unspecified atom stereocenters. The number of aryl methyl sites for hydroxylation is 2. The van der Waals surface area contributed by atoms with E-state index in [1.807, 2.05) is 61.8 Å². The monoisotopic (exact) mass is 391 g/mol. The largest absolute Gasteiger partial charge is 0.481 e. The first-order chi connectivity index (χ1) is 13.9. The fraction of sp³-hybridized carbons (Fsp3) is 0.364. The lowest BCUT2D eigenvalue weighted by Gasteiger charge is -2.32. The number of hydrogen-bond acceptors (Lipinski definition) is 5. The van der Waals surface area contributed by atoms with Crippen molar-refractivity contribution in [2.24, 2.45) is 13.0 Å². The summed E-state index contributed by atoms with van der Waals surface area (Å²) in [6.45, 7) is 6.47. The molecule has 1 aliphatic heterocycles. The summed E-state index contributed by atoms with van der Waals surface area (Å²) in [5, 5.41) is 4.50. The summed E-state index contributed by atoms with van der Waals surface area (Å²) >= 11 is 0. The normalized spacial score (nSPS) is 16.1. The van der Waals surface area contributed by atoms with Crippen LogP contribution in [0.4, 0.5) is 5.69 Å². The number of amides is 1. The number of fused-ring (bicyclic) bond motifs is 1. The summed E-state index contributed by atoms with van der Waals surface area (Å²) in [5.74, 6) is 0.584. The molecule has 1 amide bonds. The first kappa shape index (κ1) is 19.1. The van der Waals surface area contributed by atoms with E-state index in [0.29, 0.717) is 18.8 Å². The third-order valence-electron chi connectivity index (χ3n) is 5.68. The van der Waals surface area contributed by atoms with Crippen LogP contribution in [0.3, 0.4) is 0 Å². The van der Waals surface area contributed by atoms with Gasteiger partial charge in [0.05, 0.1) is 30.7 Å². The third-order valence-corrected chi connectivity index (χ3v) is 5.68. The van der Waals surface area contributed by atoms with Crippen LogP contribution in [0, 0.1) is 19.8 Å². The summed E-state index contributed by atoms with van der Waals surface area (Å²) in [7, 11) is 3.52. The van der Waals surface area contributed by atoms with Gasteiger partial charge in [-0.25, -0.2) is 4.98 Å². The highest BCUT2D eigenvalue weighted by molar-refractivity contribution is 5.98. The smallest absolute Gasteiger partial charge is 0.230 e. The second-order valence-electron chi connectivity index (χ2n) is 7.58. The Balaban J connectivity index is 1.76. The molecule has 7 heteroatoms. The summed E-state index contributed by atoms with van der Waals surface area (Å²) in [4.78, 5) is 23.9. The topological polar surface area (TPSA) is 73.1 Å². The number of aromatic nitrogens is 4. The molecule has 0 bridgehead atoms. The molecular formula is C22H25N5O2. The number of hydrogen-bond donors (Lipinski definition) is 0. The molecule has 0 saturated heterocycles. The summed E-state index contributed by atoms with van der Waals surface area (Å²) < 4.78 is 7.00. The van der Waals surface area contributed by atoms with Crippen LogP contribution >= 0.6 is 0 Å². The van der Waals surface area contributed by atoms with E-state index in [1.165, 1.54) is 0 Å². The Morgan fingerprint density at radius 1 is 1.17 bits per heavy atom. The van der Waals surface area contributed by atoms with Crippen LogP contribution < -0.4 is 9.64 Å². The Kier molecular flexibility index (Phi) is 4.82. The number of ether oxygens (including phenoxy) is 1. The van der Waals surface area contributed by atoms with Crippen molar-refractivity contribution in [2.75, 3.05) is 12.0 Å². The molecule has 0 N–H and O–H groups in total. The molecule has 0 aromatic carbocycles. The van der Waals surface area contributed by atoms with Gasteiger partial charge in [0.1, 0.15) is 0 Å². The molecular weight excluding hydrogens is 366 g/mol. The van der Waals surface area contributed by atoms with Gasteiger partial charge in [0.15, 0.2) is 0 Å². The van der Waals surface area contributed by atoms with E-state index in [-0.39, 0.29) is 11.8 Å². The van der Waals surface area contributed by atoms with E-state index >= 15 is 0 Å². The standard InChI is InChI=1S/C22H25N5O2/c1-13-8-19-20(9-17(11-23-19)16-6-7-21(29-5)24-10-16)27(22(13)28)12-18-14(2)25-26(4)15(18)3/h6-7,9-11,13H,8,12H2,1-5H3. The van der Waals surface area contributed by atoms with Crippen molar-refractivity contribution in [3.8, 4) is 17.0 Å². The lowest BCUT2D eigenvalue weighted by molar-refractivity contribution is -0.122. The predicted molar refractivity (Wildman–Crippen MR) is 111 cm³/mol. The van der Waals surface area contributed by atoms with Crippen LogP contribution in [0.1, 0.15) is 29.6 Å². The van der Waals surface area contributed by atoms with Crippen LogP contribution in [0.5, 0.6) is 5.88 Å². The van der Waals surface area contributed by atoms with E-state index < -0.39 is 0 Å². The van der Waals surface area contributed by atoms with Crippen molar-refractivity contribution in [1.29, 1.82) is 0 Å². The van der Waals surface area contributed by atoms with Gasteiger partial charge in [-0.3, -0.25) is 14.5 Å². The molecule has 3 aromatic rings. The predicted octanol–water partition coefficient (Wildman–Crippen LogP) is 3.23. The zero-order valence-corrected chi connectivity index (χ0v) is 17.4. The maximum Gasteiger partial charge on any atom is 0.230 e. The molecule has 1 atom stereocenters. The van der Waals surface area contributed by atoms with Gasteiger partial charge in [-0.1, -0.05) is 6.92 Å². The van der Waals surface area contributed by atoms with Crippen LogP contribution in [-0.4, -0.2) is 32.8 Å². The highest BCUT2D eigenvalue weighted by Gasteiger charge is 2.32. The average molecular weight is 391 g/mol. The highest BCUT2D eigenvalue weighted by Crippen LogP contribution is 2.34. The summed E-state index contributed by atoms with van der Waals surface area (Å²) in [5.41, 5.74) is 6.76. The van der Waals surface area contributed by atoms with Crippen molar-refractivity contribution in [3.05, 3.63) is 53.2 Å². The summed E-state index contributed by atoms with van der Waals surface area (Å²) in [6, 6.07) is 5.81. The van der Waals surface area contributed by atoms with Crippen molar-refractivity contribution in [2.45, 2.75) is 33.7 Å². The van der Waals surface area contributed by atoms with Gasteiger partial charge >= 0.3 is 0 Å². The fourth-order valence-corrected chi connectivity index (χ4v) is 3.83. The van der Waals surface area contributed by atoms with Crippen molar-refractivity contribution in [3.63, 3.8) is 0 Å². The molecule has 29 heavy (non-hydrogen) atoms. The molecule has 0 aliphatic carbocycles. The lowest BCUT2D eigenvalue weighted by atomic mass is 9.95. The highest BCUT2D eigenvalue weighted by atomic mass is 16.5. The maximum absolute atomic E-state index is 13.1. The molecule has 0 spiro atoms. The van der Waals surface area contributed by atoms with Gasteiger partial charge in [0.25, 0.3) is 0 Å². The van der Waals surface area contributed by atoms with Crippen molar-refractivity contribution in [1.82, 2.24) is 19.7 Å². The van der Waals surface area contributed by atoms with E-state index in [4.69, 9.17) is 9.72 Å². The Hall–Kier alpha value is -3.22. The van der Waals surface area contributed by atoms with E-state index in [0.717, 1.165) is 39.5 Å². The van der Waals surface area contributed by atoms with Gasteiger partial charge in [-0.05, 0) is 26.0 Å². The van der Waals surface area contributed by atoms with Crippen LogP contribution in [0.25, 0.3) is 11.1 Å². The Labute approximate surface area is 170 Å². The zero-order valence-electron chi connectivity index (χ0n) is 17.4. The second kappa shape index (κ2) is 7.31. The number of methoxy groups -OCH3 is 1. The molecule has 4 heterocycles. The molecule has 0 saturated carbocycles. The molecule has 0 radical (unpaired) electrons. The van der Waals surface area contributed by atoms with Crippen molar-refractivity contribution < 1.29 is 9.53 Å². The lowest BCUT2D eigenvalue weighted by Crippen LogP contribution is -2.40. The fourth-order valence-electron chi connectivity index (χ4n) is 3.83. The number of carbonyl (C=O) groups excluding carboxylic acids is 1. The van der Waals surface area contributed by atoms with E-state index in [2.05, 4.69) is 10.1 Å². The second-order valence-corrected chi connectivity index (χ2v) is 7.58. The van der Waals surface area contributed by atoms with Crippen LogP contribution in [0.2, 0.25) is 0 Å². The number of rotatable bonds is 4. The zero-order chi connectivity index (χ0) is 20.7. The quantitative estimate of drug-likeness (QED) is 0.683. The van der Waals surface area contributed by atoms with Gasteiger partial charge in [0, 0.05) is 60.2 Å². The molecule has 150 valence electrons. The van der Waals surface area contributed by atoms with Gasteiger partial charge in [0.2, 0.25) is 11.8 Å². The molecule has 4 rings (SSSR count). The maximum atomic E-state index is 13.1. The number of pyridine rings is 2. The molecule has 1 aliphatic rings. The van der Waals surface area contributed by atoms with Crippen LogP contribution in [-0.2, 0) is 24.8 Å². The van der Waals surface area contributed by atoms with E-state index in [1.54, 1.807) is 13.3 Å². The molecule has 0 fully saturated rings.